The summed E-state index contributed by atoms with van der Waals surface area (Å²) in [6.45, 7) is 10.3. The molecule has 2 unspecified atom stereocenters. The molecule has 1 aliphatic rings. The molecule has 0 bridgehead atoms. The fourth-order valence-electron chi connectivity index (χ4n) is 1.47. The summed E-state index contributed by atoms with van der Waals surface area (Å²) in [5, 5.41) is 8.33. The van der Waals surface area contributed by atoms with Gasteiger partial charge in [0.15, 0.2) is 6.29 Å². The van der Waals surface area contributed by atoms with Crippen molar-refractivity contribution in [2.45, 2.75) is 59.0 Å². The van der Waals surface area contributed by atoms with Crippen molar-refractivity contribution >= 4 is 0 Å². The molecule has 0 amide bonds. The molecule has 2 atom stereocenters. The van der Waals surface area contributed by atoms with Crippen LogP contribution < -0.4 is 0 Å². The van der Waals surface area contributed by atoms with Gasteiger partial charge >= 0.3 is 0 Å². The third kappa shape index (κ3) is 6.99. The Bertz CT molecular complexity index is 124. The van der Waals surface area contributed by atoms with Crippen LogP contribution >= 0.6 is 0 Å². The third-order valence-electron chi connectivity index (χ3n) is 1.71. The molecule has 1 fully saturated rings. The second-order valence-corrected chi connectivity index (χ2v) is 3.95. The van der Waals surface area contributed by atoms with E-state index in [-0.39, 0.29) is 5.60 Å². The van der Waals surface area contributed by atoms with Gasteiger partial charge in [0.05, 0.1) is 11.7 Å². The number of aliphatic hydroxyl groups is 1. The maximum atomic E-state index is 8.33. The first-order valence-electron chi connectivity index (χ1n) is 4.85. The molecule has 3 nitrogen and oxygen atoms in total. The Kier molecular flexibility index (Phi) is 5.53. The molecule has 0 aliphatic carbocycles. The summed E-state index contributed by atoms with van der Waals surface area (Å²) in [7, 11) is 0. The molecule has 0 aromatic heterocycles. The van der Waals surface area contributed by atoms with E-state index in [9.17, 15) is 0 Å². The molecule has 0 spiro atoms. The van der Waals surface area contributed by atoms with Crippen molar-refractivity contribution < 1.29 is 14.6 Å². The predicted octanol–water partition coefficient (Wildman–Crippen LogP) is 1.94. The Hall–Kier alpha value is -0.120. The second kappa shape index (κ2) is 5.58. The fourth-order valence-corrected chi connectivity index (χ4v) is 1.47. The Morgan fingerprint density at radius 1 is 1.62 bits per heavy atom. The minimum Gasteiger partial charge on any atom is -0.372 e. The maximum Gasteiger partial charge on any atom is 0.151 e. The average Bonchev–Trinajstić information content (AvgIpc) is 1.83. The molecule has 0 aromatic rings. The van der Waals surface area contributed by atoms with Crippen LogP contribution in [0.4, 0.5) is 0 Å². The van der Waals surface area contributed by atoms with Gasteiger partial charge in [-0.1, -0.05) is 0 Å². The zero-order valence-electron chi connectivity index (χ0n) is 9.33. The lowest BCUT2D eigenvalue weighted by atomic mass is 9.95. The van der Waals surface area contributed by atoms with Gasteiger partial charge in [0, 0.05) is 13.0 Å². The van der Waals surface area contributed by atoms with E-state index < -0.39 is 6.29 Å². The molecule has 1 aliphatic heterocycles. The SMILES string of the molecule is CC1CC(C)(C)O1.CCOC(C)O. The molecule has 1 N–H and O–H groups in total. The van der Waals surface area contributed by atoms with Crippen molar-refractivity contribution in [3.8, 4) is 0 Å². The van der Waals surface area contributed by atoms with E-state index in [2.05, 4.69) is 25.5 Å². The van der Waals surface area contributed by atoms with Crippen molar-refractivity contribution in [2.75, 3.05) is 6.61 Å². The lowest BCUT2D eigenvalue weighted by Gasteiger charge is -2.41. The lowest BCUT2D eigenvalue weighted by molar-refractivity contribution is -0.175. The summed E-state index contributed by atoms with van der Waals surface area (Å²) in [6.07, 6.45) is 1.12. The minimum absolute atomic E-state index is 0.194. The average molecular weight is 190 g/mol. The molecule has 1 heterocycles. The first-order valence-corrected chi connectivity index (χ1v) is 4.85. The van der Waals surface area contributed by atoms with E-state index in [1.807, 2.05) is 6.92 Å². The zero-order chi connectivity index (χ0) is 10.5. The second-order valence-electron chi connectivity index (χ2n) is 3.95. The van der Waals surface area contributed by atoms with E-state index in [0.29, 0.717) is 12.7 Å². The normalized spacial score (nSPS) is 26.8. The number of ether oxygens (including phenoxy) is 2. The number of rotatable bonds is 2. The van der Waals surface area contributed by atoms with Crippen LogP contribution in [0, 0.1) is 0 Å². The Balaban J connectivity index is 0.000000226. The maximum absolute atomic E-state index is 8.33. The van der Waals surface area contributed by atoms with Gasteiger partial charge in [-0.05, 0) is 34.6 Å². The van der Waals surface area contributed by atoms with Crippen molar-refractivity contribution in [3.05, 3.63) is 0 Å². The van der Waals surface area contributed by atoms with E-state index in [0.717, 1.165) is 0 Å². The summed E-state index contributed by atoms with van der Waals surface area (Å²) in [5.41, 5.74) is 0.194. The van der Waals surface area contributed by atoms with Gasteiger partial charge < -0.3 is 14.6 Å². The molecular formula is C10H22O3. The third-order valence-corrected chi connectivity index (χ3v) is 1.71. The Morgan fingerprint density at radius 3 is 2.08 bits per heavy atom. The standard InChI is InChI=1S/C6H12O.C4H10O2/c1-5-4-6(2,3)7-5;1-3-6-4(2)5/h5H,4H2,1-3H3;4-5H,3H2,1-2H3. The van der Waals surface area contributed by atoms with Crippen molar-refractivity contribution in [2.24, 2.45) is 0 Å². The van der Waals surface area contributed by atoms with Crippen LogP contribution in [0.2, 0.25) is 0 Å². The van der Waals surface area contributed by atoms with Crippen molar-refractivity contribution in [1.82, 2.24) is 0 Å². The Morgan fingerprint density at radius 2 is 2.08 bits per heavy atom. The predicted molar refractivity (Wildman–Crippen MR) is 52.5 cm³/mol. The lowest BCUT2D eigenvalue weighted by Crippen LogP contribution is -2.43. The molecule has 0 radical (unpaired) electrons. The van der Waals surface area contributed by atoms with E-state index in [4.69, 9.17) is 9.84 Å². The fraction of sp³-hybridized carbons (Fsp3) is 1.00. The van der Waals surface area contributed by atoms with Gasteiger partial charge in [-0.15, -0.1) is 0 Å². The molecule has 1 rings (SSSR count). The van der Waals surface area contributed by atoms with Crippen LogP contribution in [-0.4, -0.2) is 29.7 Å². The van der Waals surface area contributed by atoms with Crippen LogP contribution in [-0.2, 0) is 9.47 Å². The number of hydrogen-bond acceptors (Lipinski definition) is 3. The zero-order valence-corrected chi connectivity index (χ0v) is 9.33. The first kappa shape index (κ1) is 12.9. The first-order chi connectivity index (χ1) is 5.87. The van der Waals surface area contributed by atoms with Crippen molar-refractivity contribution in [1.29, 1.82) is 0 Å². The van der Waals surface area contributed by atoms with E-state index in [1.165, 1.54) is 6.42 Å². The van der Waals surface area contributed by atoms with Gasteiger partial charge in [-0.2, -0.15) is 0 Å². The van der Waals surface area contributed by atoms with Gasteiger partial charge in [-0.3, -0.25) is 0 Å². The van der Waals surface area contributed by atoms with Gasteiger partial charge in [0.1, 0.15) is 0 Å². The molecule has 0 aromatic carbocycles. The van der Waals surface area contributed by atoms with Gasteiger partial charge in [-0.25, -0.2) is 0 Å². The van der Waals surface area contributed by atoms with Crippen molar-refractivity contribution in [3.63, 3.8) is 0 Å². The highest BCUT2D eigenvalue weighted by molar-refractivity contribution is 4.82. The quantitative estimate of drug-likeness (QED) is 0.676. The monoisotopic (exact) mass is 190 g/mol. The minimum atomic E-state index is -0.602. The van der Waals surface area contributed by atoms with Crippen LogP contribution in [0.1, 0.15) is 41.0 Å². The summed E-state index contributed by atoms with van der Waals surface area (Å²) in [6, 6.07) is 0. The van der Waals surface area contributed by atoms with Crippen LogP contribution in [0.3, 0.4) is 0 Å². The van der Waals surface area contributed by atoms with Gasteiger partial charge in [0.2, 0.25) is 0 Å². The molecule has 0 saturated carbocycles. The van der Waals surface area contributed by atoms with Crippen LogP contribution in [0.25, 0.3) is 0 Å². The van der Waals surface area contributed by atoms with Crippen LogP contribution in [0.5, 0.6) is 0 Å². The summed E-state index contributed by atoms with van der Waals surface area (Å²) < 4.78 is 9.92. The molecule has 80 valence electrons. The molecule has 3 heteroatoms. The van der Waals surface area contributed by atoms with Gasteiger partial charge in [0.25, 0.3) is 0 Å². The Labute approximate surface area is 81.0 Å². The van der Waals surface area contributed by atoms with Crippen LogP contribution in [0.15, 0.2) is 0 Å². The largest absolute Gasteiger partial charge is 0.372 e. The topological polar surface area (TPSA) is 38.7 Å². The highest BCUT2D eigenvalue weighted by Crippen LogP contribution is 2.30. The molecular weight excluding hydrogens is 168 g/mol. The molecule has 13 heavy (non-hydrogen) atoms. The summed E-state index contributed by atoms with van der Waals surface area (Å²) in [5.74, 6) is 0. The number of aliphatic hydroxyl groups excluding tert-OH is 1. The van der Waals surface area contributed by atoms with E-state index in [1.54, 1.807) is 6.92 Å². The highest BCUT2D eigenvalue weighted by Gasteiger charge is 2.33. The summed E-state index contributed by atoms with van der Waals surface area (Å²) >= 11 is 0. The number of hydrogen-bond donors (Lipinski definition) is 1. The summed E-state index contributed by atoms with van der Waals surface area (Å²) in [4.78, 5) is 0. The molecule has 1 saturated heterocycles. The highest BCUT2D eigenvalue weighted by atomic mass is 16.6. The smallest absolute Gasteiger partial charge is 0.151 e. The van der Waals surface area contributed by atoms with E-state index >= 15 is 0 Å².